The van der Waals surface area contributed by atoms with E-state index in [1.807, 2.05) is 41.3 Å². The molecule has 84 heavy (non-hydrogen) atoms. The van der Waals surface area contributed by atoms with Crippen molar-refractivity contribution in [3.63, 3.8) is 0 Å². The van der Waals surface area contributed by atoms with Crippen LogP contribution in [0.25, 0.3) is 10.1 Å². The highest BCUT2D eigenvalue weighted by atomic mass is 32.1. The average Bonchev–Trinajstić information content (AvgIpc) is 2.27. The number of amides is 8. The number of unbranched alkanes of at least 4 members (excludes halogenated alkanes) is 6. The summed E-state index contributed by atoms with van der Waals surface area (Å²) in [4.78, 5) is 131. The van der Waals surface area contributed by atoms with Crippen LogP contribution in [0.2, 0.25) is 0 Å². The zero-order chi connectivity index (χ0) is 60.1. The molecule has 4 aliphatic heterocycles. The van der Waals surface area contributed by atoms with E-state index in [2.05, 4.69) is 27.8 Å². The van der Waals surface area contributed by atoms with E-state index in [4.69, 9.17) is 4.74 Å². The molecule has 2 saturated heterocycles. The lowest BCUT2D eigenvalue weighted by Crippen LogP contribution is -2.61. The molecule has 0 aliphatic carbocycles. The number of benzene rings is 4. The number of likely N-dealkylation sites (tertiary alicyclic amines) is 1. The molecule has 5 aromatic rings. The Morgan fingerprint density at radius 3 is 2.36 bits per heavy atom. The maximum Gasteiger partial charge on any atom is 0.399 e. The van der Waals surface area contributed by atoms with Gasteiger partial charge >= 0.3 is 13.3 Å². The van der Waals surface area contributed by atoms with E-state index in [1.54, 1.807) is 45.0 Å². The number of thiophene rings is 1. The fraction of sp³-hybridized carbons (Fsp3) is 0.419. The van der Waals surface area contributed by atoms with E-state index in [0.717, 1.165) is 90.9 Å². The number of hydrogen-bond acceptors (Lipinski definition) is 11. The molecule has 0 saturated carbocycles. The van der Waals surface area contributed by atoms with E-state index >= 15 is 4.79 Å². The predicted octanol–water partition coefficient (Wildman–Crippen LogP) is 8.31. The first-order chi connectivity index (χ1) is 40.0. The maximum absolute atomic E-state index is 15.2. The van der Waals surface area contributed by atoms with Gasteiger partial charge in [0.2, 0.25) is 23.6 Å². The molecule has 1 aromatic heterocycles. The number of hydrogen-bond donors (Lipinski definition) is 5. The van der Waals surface area contributed by atoms with Crippen LogP contribution in [0.15, 0.2) is 91.0 Å². The van der Waals surface area contributed by atoms with Crippen molar-refractivity contribution in [3.05, 3.63) is 135 Å². The number of halogens is 2. The summed E-state index contributed by atoms with van der Waals surface area (Å²) in [6.45, 7) is 6.46. The molecule has 2 fully saturated rings. The van der Waals surface area contributed by atoms with Gasteiger partial charge in [0.1, 0.15) is 23.9 Å². The van der Waals surface area contributed by atoms with E-state index < -0.39 is 77.8 Å². The monoisotopic (exact) mass is 1190 g/mol. The van der Waals surface area contributed by atoms with Gasteiger partial charge in [0.25, 0.3) is 23.6 Å². The van der Waals surface area contributed by atoms with E-state index in [1.165, 1.54) is 23.1 Å². The number of nitrogens with one attached hydrogen (secondary N) is 3. The van der Waals surface area contributed by atoms with Crippen LogP contribution >= 0.6 is 18.9 Å². The summed E-state index contributed by atoms with van der Waals surface area (Å²) in [5, 5.41) is 8.14. The van der Waals surface area contributed by atoms with Crippen molar-refractivity contribution in [1.29, 1.82) is 0 Å². The van der Waals surface area contributed by atoms with Crippen LogP contribution in [-0.4, -0.2) is 116 Å². The van der Waals surface area contributed by atoms with Crippen LogP contribution in [0.3, 0.4) is 0 Å². The average molecular weight is 1190 g/mol. The lowest BCUT2D eigenvalue weighted by Gasteiger charge is -2.43. The topological polar surface area (TPSA) is 249 Å². The van der Waals surface area contributed by atoms with E-state index in [-0.39, 0.29) is 71.5 Å². The van der Waals surface area contributed by atoms with Crippen LogP contribution in [0, 0.1) is 17.3 Å². The Bertz CT molecular complexity index is 3520. The molecule has 8 amide bonds. The van der Waals surface area contributed by atoms with Crippen molar-refractivity contribution in [1.82, 2.24) is 30.7 Å². The zero-order valence-corrected chi connectivity index (χ0v) is 48.6. The molecule has 2 unspecified atom stereocenters. The number of rotatable bonds is 19. The molecule has 0 radical (unpaired) electrons. The van der Waals surface area contributed by atoms with Crippen molar-refractivity contribution >= 4 is 76.3 Å². The van der Waals surface area contributed by atoms with Crippen LogP contribution < -0.4 is 20.7 Å². The van der Waals surface area contributed by atoms with Gasteiger partial charge in [-0.05, 0) is 102 Å². The fourth-order valence-corrected chi connectivity index (χ4v) is 12.7. The van der Waals surface area contributed by atoms with Gasteiger partial charge in [0.05, 0.1) is 16.0 Å². The summed E-state index contributed by atoms with van der Waals surface area (Å²) >= 11 is 0.962. The first-order valence-electron chi connectivity index (χ1n) is 28.3. The Labute approximate surface area is 489 Å². The smallest absolute Gasteiger partial charge is 0.399 e. The third-order valence-electron chi connectivity index (χ3n) is 15.8. The molecule has 4 aliphatic rings. The molecule has 18 nitrogen and oxygen atoms in total. The van der Waals surface area contributed by atoms with E-state index in [0.29, 0.717) is 47.6 Å². The van der Waals surface area contributed by atoms with Gasteiger partial charge in [-0.25, -0.2) is 0 Å². The summed E-state index contributed by atoms with van der Waals surface area (Å²) < 4.78 is 47.3. The minimum atomic E-state index is -5.86. The van der Waals surface area contributed by atoms with Gasteiger partial charge in [0, 0.05) is 67.2 Å². The molecular weight excluding hydrogens is 1120 g/mol. The van der Waals surface area contributed by atoms with Crippen molar-refractivity contribution in [2.24, 2.45) is 5.41 Å². The van der Waals surface area contributed by atoms with Crippen LogP contribution in [0.4, 0.5) is 8.78 Å². The van der Waals surface area contributed by atoms with Gasteiger partial charge in [0.15, 0.2) is 6.61 Å². The van der Waals surface area contributed by atoms with Gasteiger partial charge in [-0.2, -0.15) is 8.78 Å². The highest BCUT2D eigenvalue weighted by Gasteiger charge is 2.51. The molecule has 9 rings (SSSR count). The molecule has 4 aromatic carbocycles. The Morgan fingerprint density at radius 2 is 1.62 bits per heavy atom. The Morgan fingerprint density at radius 1 is 0.869 bits per heavy atom. The predicted molar refractivity (Wildman–Crippen MR) is 309 cm³/mol. The van der Waals surface area contributed by atoms with Gasteiger partial charge in [-0.15, -0.1) is 11.3 Å². The SMILES string of the molecule is CC(C)(C)[C@H](NC(=O)c1cc2cc(C(F)(F)P(=O)(O)O)ccc2s1)C(=O)N1Cc2cc(OCC(=O)NCCCCCCCCC#Cc3cccc4c3C(=O)N(C3CCC(=O)NC3=O)C4=O)ccc2C[C@H]1C(=O)N1CCCC(c2ccccc2)C1. The number of carbonyl (C=O) groups is 8. The van der Waals surface area contributed by atoms with Crippen LogP contribution in [0.1, 0.15) is 156 Å². The second kappa shape index (κ2) is 25.7. The first-order valence-corrected chi connectivity index (χ1v) is 30.7. The normalized spacial score (nSPS) is 18.6. The van der Waals surface area contributed by atoms with E-state index in [9.17, 15) is 56.7 Å². The highest BCUT2D eigenvalue weighted by molar-refractivity contribution is 7.52. The number of ether oxygens (including phenoxy) is 1. The number of alkyl halides is 2. The van der Waals surface area contributed by atoms with Crippen molar-refractivity contribution in [2.75, 3.05) is 26.2 Å². The molecule has 442 valence electrons. The number of carbonyl (C=O) groups excluding carboxylic acids is 8. The van der Waals surface area contributed by atoms with Gasteiger partial charge < -0.3 is 35.0 Å². The first kappa shape index (κ1) is 60.9. The van der Waals surface area contributed by atoms with Gasteiger partial charge in [-0.1, -0.05) is 107 Å². The Hall–Kier alpha value is -7.63. The summed E-state index contributed by atoms with van der Waals surface area (Å²) in [5.74, 6) is 2.60. The largest absolute Gasteiger partial charge is 0.484 e. The minimum absolute atomic E-state index is 0.0193. The summed E-state index contributed by atoms with van der Waals surface area (Å²) in [5.41, 5.74) is -2.88. The number of imide groups is 2. The fourth-order valence-electron chi connectivity index (χ4n) is 11.3. The highest BCUT2D eigenvalue weighted by Crippen LogP contribution is 2.59. The van der Waals surface area contributed by atoms with Crippen molar-refractivity contribution in [2.45, 2.75) is 134 Å². The summed E-state index contributed by atoms with van der Waals surface area (Å²) in [6, 6.07) is 21.4. The molecular formula is C62H67F2N6O12PS. The molecule has 5 heterocycles. The lowest BCUT2D eigenvalue weighted by atomic mass is 9.83. The molecule has 5 N–H and O–H groups in total. The zero-order valence-electron chi connectivity index (χ0n) is 46.9. The minimum Gasteiger partial charge on any atom is -0.484 e. The third kappa shape index (κ3) is 13.6. The maximum atomic E-state index is 15.2. The Kier molecular flexibility index (Phi) is 18.6. The van der Waals surface area contributed by atoms with Crippen LogP contribution in [-0.2, 0) is 47.2 Å². The quantitative estimate of drug-likeness (QED) is 0.0227. The van der Waals surface area contributed by atoms with Crippen molar-refractivity contribution < 1.29 is 66.2 Å². The molecule has 0 bridgehead atoms. The standard InChI is InChI=1S/C62H67F2N6O12PS/c1-61(2,3)54(67-56(74)50-34-42-31-44(24-27-49(42)84-50)62(63,64)83(79,80)81)60(78)69-36-43-32-45(25-23-40(43)33-48(69)58(76)68-30-16-21-41(35-68)38-17-12-10-13-18-38)82-37-52(72)65-29-14-9-7-5-4-6-8-11-19-39-20-15-22-46-53(39)59(77)70(57(46)75)47-26-28-51(71)66-55(47)73/h10,12-13,15,17-18,20,22-25,27,31-32,34,41,47-48,54H,4-9,14,16,21,26,28-30,33,35-37H2,1-3H3,(H,65,72)(H,67,74)(H,66,71,73)(H2,79,80,81)/t41?,47?,48-,54+/m0/s1. The number of piperidine rings is 2. The van der Waals surface area contributed by atoms with Gasteiger partial charge in [-0.3, -0.25) is 53.1 Å². The molecule has 22 heteroatoms. The number of nitrogens with zero attached hydrogens (tertiary/aromatic N) is 3. The Balaban J connectivity index is 0.780. The number of fused-ring (bicyclic) bond motifs is 3. The molecule has 0 spiro atoms. The molecule has 4 atom stereocenters. The summed E-state index contributed by atoms with van der Waals surface area (Å²) in [7, 11) is -5.86. The van der Waals surface area contributed by atoms with Crippen molar-refractivity contribution in [3.8, 4) is 17.6 Å². The van der Waals surface area contributed by atoms with Crippen LogP contribution in [0.5, 0.6) is 5.75 Å². The second-order valence-electron chi connectivity index (χ2n) is 22.9. The second-order valence-corrected chi connectivity index (χ2v) is 25.6. The lowest BCUT2D eigenvalue weighted by molar-refractivity contribution is -0.150. The third-order valence-corrected chi connectivity index (χ3v) is 17.9. The summed E-state index contributed by atoms with van der Waals surface area (Å²) in [6.07, 6.45) is 7.80.